The molecule has 10 unspecified atom stereocenters. The minimum atomic E-state index is -0.841. The Morgan fingerprint density at radius 3 is 1.14 bits per heavy atom. The van der Waals surface area contributed by atoms with Gasteiger partial charge in [0.05, 0.1) is 65.6 Å². The van der Waals surface area contributed by atoms with Crippen molar-refractivity contribution in [2.75, 3.05) is 61.1 Å². The number of likely N-dealkylation sites (tertiary alicyclic amines) is 2. The number of carbonyl (C=O) groups excluding carboxylic acids is 8. The number of carbonyl (C=O) groups is 10. The smallest absolute Gasteiger partial charge is 0.410 e. The average molecular weight is 1790 g/mol. The van der Waals surface area contributed by atoms with Crippen molar-refractivity contribution in [3.63, 3.8) is 0 Å². The molecule has 6 heterocycles. The zero-order valence-corrected chi connectivity index (χ0v) is 76.3. The van der Waals surface area contributed by atoms with Crippen LogP contribution < -0.4 is 32.7 Å². The molecule has 666 valence electrons. The van der Waals surface area contributed by atoms with E-state index < -0.39 is 35.0 Å². The van der Waals surface area contributed by atoms with Gasteiger partial charge in [0.1, 0.15) is 29.0 Å². The van der Waals surface area contributed by atoms with E-state index in [4.69, 9.17) is 35.5 Å². The molecule has 10 N–H and O–H groups in total. The van der Waals surface area contributed by atoms with Gasteiger partial charge in [0.25, 0.3) is 0 Å². The molecule has 0 spiro atoms. The number of thiazole rings is 4. The minimum Gasteiger partial charge on any atom is -0.481 e. The van der Waals surface area contributed by atoms with Crippen molar-refractivity contribution in [2.24, 2.45) is 5.73 Å². The Labute approximate surface area is 744 Å². The molecule has 0 radical (unpaired) electrons. The third kappa shape index (κ3) is 28.9. The molecule has 4 aromatic carbocycles. The fourth-order valence-corrected chi connectivity index (χ4v) is 18.6. The quantitative estimate of drug-likeness (QED) is 0.0292. The van der Waals surface area contributed by atoms with Crippen molar-refractivity contribution in [1.82, 2.24) is 35.1 Å². The summed E-state index contributed by atoms with van der Waals surface area (Å²) in [5.41, 5.74) is 17.1. The molecule has 4 aliphatic carbocycles. The molecular weight excluding hydrogens is 1670 g/mol. The molecule has 4 aromatic heterocycles. The van der Waals surface area contributed by atoms with Crippen LogP contribution in [0, 0.1) is 0 Å². The highest BCUT2D eigenvalue weighted by molar-refractivity contribution is 7.59. The van der Waals surface area contributed by atoms with E-state index in [-0.39, 0.29) is 110 Å². The number of carboxylic acid groups (broad SMARTS) is 2. The SMILES string of the molecule is CC(C(=O)Nc1nc2c(s1)CCCC2C(=O)NC1CCN(C(=O)OC(C)(C)C)C1)c1ccccc1.CC(C(=O)Nc1nc2c(s1)CCCC2C(=O)O)c1ccccc1.CC(C(=O)O)c1ccccc1.CC(C)(C)OC(=O)N1CCC(N)C1.CCOC(=O)C1CCCc2sc(N)nc21.CCOC(=O)C1CCCc2sc(NC(=O)C(C)c3ccccc3)nc21.S.[3HH]. The molecule has 2 fully saturated rings. The third-order valence-electron chi connectivity index (χ3n) is 21.1. The molecule has 6 aliphatic rings. The Balaban J connectivity index is 0.000000213. The number of esters is 2. The second-order valence-corrected chi connectivity index (χ2v) is 37.1. The maximum Gasteiger partial charge on any atom is 0.410 e. The predicted octanol–water partition coefficient (Wildman–Crippen LogP) is 16.6. The number of nitrogens with zero attached hydrogens (tertiary/aromatic N) is 6. The highest BCUT2D eigenvalue weighted by Gasteiger charge is 2.38. The van der Waals surface area contributed by atoms with Crippen LogP contribution in [-0.4, -0.2) is 162 Å². The summed E-state index contributed by atoms with van der Waals surface area (Å²) in [7, 11) is 0. The standard InChI is InChI=1S/C26H34N4O4S.C19H22N2O3S.C17H18N2O3S.C10H14N2O2S.C9H18N2O2.C9H10O2.H2S.H2/c1-16(17-9-6-5-7-10-17)22(31)29-24-28-21-19(11-8-12-20(21)35-24)23(32)27-18-13-14-30(15-18)25(33)34-26(2,3)4;1-3-24-18(23)14-10-7-11-15-16(14)20-19(25-15)21-17(22)12(2)13-8-5-4-6-9-13;1-10(11-6-3-2-4-7-11)15(20)19-17-18-14-12(16(21)22)8-5-9-13(14)23-17;1-2-14-9(13)6-4-3-5-7-8(6)12-10(11)15-7;1-9(2,3)13-8(12)11-5-4-7(10)6-11;1-7(9(10)11)8-5-3-2-4-6-8;;/h5-7,9-10,16,18-19H,8,11-15H2,1-4H3,(H,27,32)(H,28,29,31);4-6,8-9,12,14H,3,7,10-11H2,1-2H3,(H,20,21,22);2-4,6-7,10,12H,5,8-9H2,1H3,(H,21,22)(H,18,19,20);6H,2-5H2,1H3,(H2,11,12);7H,4-6,10H2,1-3H3;2-7H,1H3,(H,10,11);1H2;1H/i;;;;;;;1+2. The van der Waals surface area contributed by atoms with Crippen molar-refractivity contribution in [2.45, 2.75) is 244 Å². The monoisotopic (exact) mass is 1790 g/mol. The molecule has 8 aromatic rings. The first-order chi connectivity index (χ1) is 58.1. The van der Waals surface area contributed by atoms with Gasteiger partial charge in [-0.15, -0.1) is 45.3 Å². The Bertz CT molecular complexity index is 4850. The van der Waals surface area contributed by atoms with E-state index in [1.165, 1.54) is 45.3 Å². The lowest BCUT2D eigenvalue weighted by Gasteiger charge is -2.25. The van der Waals surface area contributed by atoms with Gasteiger partial charge < -0.3 is 71.7 Å². The summed E-state index contributed by atoms with van der Waals surface area (Å²) in [5, 5.41) is 31.9. The fourth-order valence-electron chi connectivity index (χ4n) is 14.4. The number of ether oxygens (including phenoxy) is 4. The van der Waals surface area contributed by atoms with Crippen LogP contribution in [0.2, 0.25) is 0 Å². The summed E-state index contributed by atoms with van der Waals surface area (Å²) in [5.74, 6) is -5.05. The van der Waals surface area contributed by atoms with E-state index in [1.807, 2.05) is 191 Å². The number of aliphatic carboxylic acids is 2. The molecule has 0 bridgehead atoms. The molecule has 33 heteroatoms. The average Bonchev–Trinajstić information content (AvgIpc) is 1.66. The fraction of sp³-hybridized carbons (Fsp3) is 0.489. The van der Waals surface area contributed by atoms with Gasteiger partial charge >= 0.3 is 36.1 Å². The largest absolute Gasteiger partial charge is 0.481 e. The maximum absolute atomic E-state index is 13.2. The maximum atomic E-state index is 13.2. The van der Waals surface area contributed by atoms with Gasteiger partial charge in [0.2, 0.25) is 23.6 Å². The van der Waals surface area contributed by atoms with Gasteiger partial charge in [-0.25, -0.2) is 29.5 Å². The first kappa shape index (κ1) is 98.2. The second-order valence-electron chi connectivity index (χ2n) is 32.7. The molecule has 10 atom stereocenters. The van der Waals surface area contributed by atoms with E-state index in [0.29, 0.717) is 71.9 Å². The van der Waals surface area contributed by atoms with Gasteiger partial charge in [-0.1, -0.05) is 121 Å². The van der Waals surface area contributed by atoms with E-state index in [1.54, 1.807) is 23.6 Å². The summed E-state index contributed by atoms with van der Waals surface area (Å²) < 4.78 is 20.8. The number of carboxylic acids is 2. The molecule has 123 heavy (non-hydrogen) atoms. The number of aromatic nitrogens is 4. The first-order valence-corrected chi connectivity index (χ1v) is 45.0. The molecule has 14 rings (SSSR count). The molecular formula is C90H120N12O16S5. The summed E-state index contributed by atoms with van der Waals surface area (Å²) in [6.45, 7) is 25.1. The molecule has 2 aliphatic heterocycles. The lowest BCUT2D eigenvalue weighted by Crippen LogP contribution is -2.42. The number of aryl methyl sites for hydroxylation is 4. The number of nitrogens with two attached hydrogens (primary N) is 2. The molecule has 0 saturated carbocycles. The van der Waals surface area contributed by atoms with Crippen molar-refractivity contribution >= 4 is 139 Å². The topological polar surface area (TPSA) is 406 Å². The van der Waals surface area contributed by atoms with Crippen LogP contribution >= 0.6 is 58.8 Å². The van der Waals surface area contributed by atoms with E-state index in [9.17, 15) is 53.1 Å². The van der Waals surface area contributed by atoms with Crippen LogP contribution in [0.3, 0.4) is 0 Å². The van der Waals surface area contributed by atoms with Crippen LogP contribution in [0.4, 0.5) is 30.1 Å². The Morgan fingerprint density at radius 2 is 0.789 bits per heavy atom. The summed E-state index contributed by atoms with van der Waals surface area (Å²) in [4.78, 5) is 146. The van der Waals surface area contributed by atoms with E-state index in [2.05, 4.69) is 41.2 Å². The predicted molar refractivity (Wildman–Crippen MR) is 487 cm³/mol. The van der Waals surface area contributed by atoms with Crippen LogP contribution in [0.15, 0.2) is 121 Å². The van der Waals surface area contributed by atoms with Crippen LogP contribution in [0.5, 0.6) is 0 Å². The van der Waals surface area contributed by atoms with Crippen LogP contribution in [0.1, 0.15) is 261 Å². The molecule has 6 amide bonds. The summed E-state index contributed by atoms with van der Waals surface area (Å²) >= 11 is 5.80. The lowest BCUT2D eigenvalue weighted by molar-refractivity contribution is -0.146. The van der Waals surface area contributed by atoms with E-state index in [0.717, 1.165) is 142 Å². The number of anilines is 4. The number of hydrogen-bond donors (Lipinski definition) is 8. The highest BCUT2D eigenvalue weighted by atomic mass is 32.1. The second kappa shape index (κ2) is 46.5. The van der Waals surface area contributed by atoms with Crippen LogP contribution in [-0.2, 0) is 83.0 Å². The van der Waals surface area contributed by atoms with Gasteiger partial charge in [0.15, 0.2) is 20.5 Å². The van der Waals surface area contributed by atoms with Gasteiger partial charge in [-0.05, 0) is 195 Å². The minimum absolute atomic E-state index is 0. The summed E-state index contributed by atoms with van der Waals surface area (Å²) in [6, 6.07) is 38.0. The Morgan fingerprint density at radius 1 is 0.463 bits per heavy atom. The molecule has 2 saturated heterocycles. The number of hydrogen-bond acceptors (Lipinski definition) is 24. The normalized spacial score (nSPS) is 18.8. The molecule has 28 nitrogen and oxygen atoms in total. The zero-order valence-electron chi connectivity index (χ0n) is 72.0. The van der Waals surface area contributed by atoms with Crippen molar-refractivity contribution in [1.29, 1.82) is 0 Å². The number of nitrogens with one attached hydrogen (secondary N) is 4. The van der Waals surface area contributed by atoms with Crippen molar-refractivity contribution in [3.05, 3.63) is 186 Å². The van der Waals surface area contributed by atoms with E-state index >= 15 is 0 Å². The van der Waals surface area contributed by atoms with Gasteiger partial charge in [-0.2, -0.15) is 13.5 Å². The lowest BCUT2D eigenvalue weighted by atomic mass is 9.90. The zero-order chi connectivity index (χ0) is 88.5. The van der Waals surface area contributed by atoms with Crippen molar-refractivity contribution < 1.29 is 78.5 Å². The number of amides is 6. The Hall–Kier alpha value is -10.2. The van der Waals surface area contributed by atoms with Crippen molar-refractivity contribution in [3.8, 4) is 0 Å². The summed E-state index contributed by atoms with van der Waals surface area (Å²) in [6.07, 6.45) is 11.2. The number of benzene rings is 4. The number of rotatable bonds is 18. The Kier molecular flexibility index (Phi) is 37.2. The van der Waals surface area contributed by atoms with Gasteiger partial charge in [-0.3, -0.25) is 38.4 Å². The van der Waals surface area contributed by atoms with Gasteiger partial charge in [0, 0.05) is 59.2 Å². The third-order valence-corrected chi connectivity index (χ3v) is 25.2. The first-order valence-electron chi connectivity index (χ1n) is 41.8. The number of fused-ring (bicyclic) bond motifs is 4. The van der Waals surface area contributed by atoms with Crippen LogP contribution in [0.25, 0.3) is 0 Å². The number of nitrogen functional groups attached to an aromatic ring is 1. The highest BCUT2D eigenvalue weighted by Crippen LogP contribution is 2.42.